The van der Waals surface area contributed by atoms with Crippen molar-refractivity contribution in [2.24, 2.45) is 5.92 Å². The molecule has 0 radical (unpaired) electrons. The summed E-state index contributed by atoms with van der Waals surface area (Å²) in [6, 6.07) is 4.97. The highest BCUT2D eigenvalue weighted by Gasteiger charge is 2.35. The highest BCUT2D eigenvalue weighted by molar-refractivity contribution is 6.34. The third-order valence-corrected chi connectivity index (χ3v) is 3.51. The van der Waals surface area contributed by atoms with Crippen LogP contribution in [0.4, 0.5) is 5.69 Å². The number of carbonyl (C=O) groups is 2. The van der Waals surface area contributed by atoms with Crippen LogP contribution in [0, 0.1) is 12.8 Å². The van der Waals surface area contributed by atoms with Crippen LogP contribution in [-0.4, -0.2) is 24.4 Å². The second kappa shape index (κ2) is 5.21. The molecule has 1 heterocycles. The van der Waals surface area contributed by atoms with Gasteiger partial charge in [0.1, 0.15) is 12.6 Å². The molecule has 1 aliphatic heterocycles. The molecule has 19 heavy (non-hydrogen) atoms. The number of carbonyl (C=O) groups excluding carboxylic acids is 2. The monoisotopic (exact) mass is 280 g/mol. The Morgan fingerprint density at radius 2 is 2.05 bits per heavy atom. The van der Waals surface area contributed by atoms with E-state index in [0.717, 1.165) is 5.56 Å². The zero-order valence-corrected chi connectivity index (χ0v) is 12.0. The van der Waals surface area contributed by atoms with Crippen LogP contribution in [-0.2, 0) is 9.59 Å². The average molecular weight is 281 g/mol. The molecule has 1 N–H and O–H groups in total. The predicted molar refractivity (Wildman–Crippen MR) is 75.3 cm³/mol. The SMILES string of the molecule is Cc1ccc(N2CC(=O)NC(C(C)C)C2=O)c(Cl)c1. The zero-order valence-electron chi connectivity index (χ0n) is 11.2. The van der Waals surface area contributed by atoms with Crippen LogP contribution in [0.1, 0.15) is 19.4 Å². The third-order valence-electron chi connectivity index (χ3n) is 3.21. The topological polar surface area (TPSA) is 49.4 Å². The summed E-state index contributed by atoms with van der Waals surface area (Å²) in [5.41, 5.74) is 1.61. The molecule has 1 fully saturated rings. The molecule has 2 amide bonds. The van der Waals surface area contributed by atoms with E-state index in [9.17, 15) is 9.59 Å². The molecule has 4 nitrogen and oxygen atoms in total. The van der Waals surface area contributed by atoms with E-state index < -0.39 is 6.04 Å². The van der Waals surface area contributed by atoms with E-state index in [0.29, 0.717) is 10.7 Å². The fraction of sp³-hybridized carbons (Fsp3) is 0.429. The Morgan fingerprint density at radius 1 is 1.37 bits per heavy atom. The molecule has 1 atom stereocenters. The third kappa shape index (κ3) is 2.73. The Bertz CT molecular complexity index is 528. The van der Waals surface area contributed by atoms with Gasteiger partial charge in [-0.1, -0.05) is 31.5 Å². The molecule has 0 spiro atoms. The van der Waals surface area contributed by atoms with E-state index in [4.69, 9.17) is 11.6 Å². The number of nitrogens with one attached hydrogen (secondary N) is 1. The maximum absolute atomic E-state index is 12.4. The summed E-state index contributed by atoms with van der Waals surface area (Å²) in [5, 5.41) is 3.21. The van der Waals surface area contributed by atoms with Gasteiger partial charge >= 0.3 is 0 Å². The number of hydrogen-bond donors (Lipinski definition) is 1. The first-order chi connectivity index (χ1) is 8.90. The van der Waals surface area contributed by atoms with E-state index in [-0.39, 0.29) is 24.3 Å². The van der Waals surface area contributed by atoms with Crippen LogP contribution in [0.25, 0.3) is 0 Å². The lowest BCUT2D eigenvalue weighted by Gasteiger charge is -2.34. The van der Waals surface area contributed by atoms with E-state index in [1.54, 1.807) is 12.1 Å². The number of piperazine rings is 1. The van der Waals surface area contributed by atoms with Gasteiger partial charge in [0.2, 0.25) is 11.8 Å². The van der Waals surface area contributed by atoms with Crippen LogP contribution >= 0.6 is 11.6 Å². The molecule has 1 saturated heterocycles. The minimum atomic E-state index is -0.487. The Hall–Kier alpha value is -1.55. The van der Waals surface area contributed by atoms with E-state index in [1.165, 1.54) is 4.90 Å². The Kier molecular flexibility index (Phi) is 3.80. The van der Waals surface area contributed by atoms with Crippen molar-refractivity contribution in [1.82, 2.24) is 5.32 Å². The Morgan fingerprint density at radius 3 is 2.63 bits per heavy atom. The number of nitrogens with zero attached hydrogens (tertiary/aromatic N) is 1. The van der Waals surface area contributed by atoms with Gasteiger partial charge in [-0.25, -0.2) is 0 Å². The summed E-state index contributed by atoms with van der Waals surface area (Å²) >= 11 is 6.18. The van der Waals surface area contributed by atoms with Crippen molar-refractivity contribution in [3.8, 4) is 0 Å². The number of anilines is 1. The van der Waals surface area contributed by atoms with Gasteiger partial charge in [-0.05, 0) is 30.5 Å². The molecule has 1 unspecified atom stereocenters. The van der Waals surface area contributed by atoms with Gasteiger partial charge in [-0.2, -0.15) is 0 Å². The fourth-order valence-electron chi connectivity index (χ4n) is 2.16. The van der Waals surface area contributed by atoms with Gasteiger partial charge in [0.15, 0.2) is 0 Å². The molecule has 1 aromatic carbocycles. The first kappa shape index (κ1) is 13.9. The minimum Gasteiger partial charge on any atom is -0.342 e. The summed E-state index contributed by atoms with van der Waals surface area (Å²) < 4.78 is 0. The molecule has 0 saturated carbocycles. The van der Waals surface area contributed by atoms with Gasteiger partial charge in [0.25, 0.3) is 0 Å². The first-order valence-corrected chi connectivity index (χ1v) is 6.65. The quantitative estimate of drug-likeness (QED) is 0.902. The molecular weight excluding hydrogens is 264 g/mol. The smallest absolute Gasteiger partial charge is 0.250 e. The van der Waals surface area contributed by atoms with Crippen molar-refractivity contribution >= 4 is 29.1 Å². The number of halogens is 1. The molecule has 0 aliphatic carbocycles. The summed E-state index contributed by atoms with van der Waals surface area (Å²) in [6.07, 6.45) is 0. The number of rotatable bonds is 2. The van der Waals surface area contributed by atoms with Crippen LogP contribution in [0.3, 0.4) is 0 Å². The maximum atomic E-state index is 12.4. The average Bonchev–Trinajstić information content (AvgIpc) is 2.32. The number of benzene rings is 1. The molecule has 2 rings (SSSR count). The minimum absolute atomic E-state index is 0.0187. The van der Waals surface area contributed by atoms with Gasteiger partial charge in [-0.15, -0.1) is 0 Å². The Labute approximate surface area is 117 Å². The molecular formula is C14H17ClN2O2. The van der Waals surface area contributed by atoms with E-state index in [1.807, 2.05) is 26.8 Å². The van der Waals surface area contributed by atoms with Crippen molar-refractivity contribution in [2.75, 3.05) is 11.4 Å². The lowest BCUT2D eigenvalue weighted by Crippen LogP contribution is -2.60. The molecule has 1 aliphatic rings. The molecule has 102 valence electrons. The predicted octanol–water partition coefficient (Wildman–Crippen LogP) is 2.14. The van der Waals surface area contributed by atoms with Crippen molar-refractivity contribution in [1.29, 1.82) is 0 Å². The van der Waals surface area contributed by atoms with Crippen molar-refractivity contribution < 1.29 is 9.59 Å². The summed E-state index contributed by atoms with van der Waals surface area (Å²) in [5.74, 6) is -0.223. The fourth-order valence-corrected chi connectivity index (χ4v) is 2.49. The second-order valence-electron chi connectivity index (χ2n) is 5.17. The molecule has 1 aromatic rings. The highest BCUT2D eigenvalue weighted by Crippen LogP contribution is 2.28. The standard InChI is InChI=1S/C14H17ClN2O2/c1-8(2)13-14(19)17(7-12(18)16-13)11-5-4-9(3)6-10(11)15/h4-6,8,13H,7H2,1-3H3,(H,16,18). The lowest BCUT2D eigenvalue weighted by molar-refractivity contribution is -0.132. The zero-order chi connectivity index (χ0) is 14.2. The summed E-state index contributed by atoms with van der Waals surface area (Å²) in [6.45, 7) is 5.76. The molecule has 0 aromatic heterocycles. The maximum Gasteiger partial charge on any atom is 0.250 e. The number of amides is 2. The van der Waals surface area contributed by atoms with Crippen LogP contribution in [0.5, 0.6) is 0 Å². The van der Waals surface area contributed by atoms with Crippen LogP contribution in [0.15, 0.2) is 18.2 Å². The summed E-state index contributed by atoms with van der Waals surface area (Å²) in [4.78, 5) is 25.6. The Balaban J connectivity index is 2.37. The van der Waals surface area contributed by atoms with E-state index in [2.05, 4.69) is 5.32 Å². The molecule has 5 heteroatoms. The van der Waals surface area contributed by atoms with Gasteiger partial charge in [-0.3, -0.25) is 14.5 Å². The molecule has 0 bridgehead atoms. The van der Waals surface area contributed by atoms with Crippen molar-refractivity contribution in [3.05, 3.63) is 28.8 Å². The van der Waals surface area contributed by atoms with Crippen LogP contribution < -0.4 is 10.2 Å². The first-order valence-electron chi connectivity index (χ1n) is 6.27. The van der Waals surface area contributed by atoms with E-state index >= 15 is 0 Å². The normalized spacial score (nSPS) is 19.8. The van der Waals surface area contributed by atoms with Gasteiger partial charge in [0.05, 0.1) is 10.7 Å². The second-order valence-corrected chi connectivity index (χ2v) is 5.58. The van der Waals surface area contributed by atoms with Crippen molar-refractivity contribution in [2.45, 2.75) is 26.8 Å². The number of aryl methyl sites for hydroxylation is 1. The van der Waals surface area contributed by atoms with Gasteiger partial charge in [0, 0.05) is 0 Å². The lowest BCUT2D eigenvalue weighted by atomic mass is 10.00. The van der Waals surface area contributed by atoms with Crippen molar-refractivity contribution in [3.63, 3.8) is 0 Å². The highest BCUT2D eigenvalue weighted by atomic mass is 35.5. The van der Waals surface area contributed by atoms with Gasteiger partial charge < -0.3 is 5.32 Å². The van der Waals surface area contributed by atoms with Crippen LogP contribution in [0.2, 0.25) is 5.02 Å². The largest absolute Gasteiger partial charge is 0.342 e. The number of hydrogen-bond acceptors (Lipinski definition) is 2. The summed E-state index contributed by atoms with van der Waals surface area (Å²) in [7, 11) is 0.